The number of nitro benzene ring substituents is 1. The first-order valence-electron chi connectivity index (χ1n) is 5.58. The number of nitro groups is 1. The van der Waals surface area contributed by atoms with Crippen molar-refractivity contribution in [2.24, 2.45) is 0 Å². The summed E-state index contributed by atoms with van der Waals surface area (Å²) in [7, 11) is 2.15. The topological polar surface area (TPSA) is 108 Å². The molecule has 0 aromatic heterocycles. The molecule has 0 radical (unpaired) electrons. The average molecular weight is 377 g/mol. The third kappa shape index (κ3) is 4.25. The molecule has 0 heterocycles. The highest BCUT2D eigenvalue weighted by molar-refractivity contribution is 9.10. The molecule has 0 amide bonds. The van der Waals surface area contributed by atoms with Crippen LogP contribution in [0.1, 0.15) is 0 Å². The lowest BCUT2D eigenvalue weighted by molar-refractivity contribution is -0.384. The number of nitrogens with one attached hydrogen (secondary N) is 1. The van der Waals surface area contributed by atoms with E-state index in [9.17, 15) is 24.1 Å². The zero-order valence-corrected chi connectivity index (χ0v) is 13.0. The van der Waals surface area contributed by atoms with Crippen molar-refractivity contribution in [3.63, 3.8) is 0 Å². The summed E-state index contributed by atoms with van der Waals surface area (Å²) >= 11 is 2.87. The number of ether oxygens (including phenoxy) is 2. The lowest BCUT2D eigenvalue weighted by atomic mass is 10.2. The molecule has 0 spiro atoms. The van der Waals surface area contributed by atoms with Crippen LogP contribution < -0.4 is 5.32 Å². The molecule has 0 saturated carbocycles. The summed E-state index contributed by atoms with van der Waals surface area (Å²) in [5.74, 6) is -2.69. The third-order valence-electron chi connectivity index (χ3n) is 2.37. The van der Waals surface area contributed by atoms with Crippen LogP contribution in [0, 0.1) is 15.9 Å². The number of rotatable bonds is 5. The van der Waals surface area contributed by atoms with Crippen LogP contribution in [0.25, 0.3) is 0 Å². The molecule has 8 nitrogen and oxygen atoms in total. The van der Waals surface area contributed by atoms with Gasteiger partial charge in [-0.15, -0.1) is 0 Å². The van der Waals surface area contributed by atoms with E-state index in [1.54, 1.807) is 0 Å². The number of esters is 2. The van der Waals surface area contributed by atoms with Crippen LogP contribution in [0.5, 0.6) is 0 Å². The maximum absolute atomic E-state index is 13.4. The number of carbonyl (C=O) groups is 2. The smallest absolute Gasteiger partial charge is 0.354 e. The van der Waals surface area contributed by atoms with Gasteiger partial charge in [-0.05, 0) is 22.0 Å². The van der Waals surface area contributed by atoms with Crippen LogP contribution in [0.15, 0.2) is 28.4 Å². The van der Waals surface area contributed by atoms with Crippen molar-refractivity contribution in [2.75, 3.05) is 19.5 Å². The van der Waals surface area contributed by atoms with Crippen LogP contribution in [0.3, 0.4) is 0 Å². The molecule has 0 bridgehead atoms. The molecule has 10 heteroatoms. The molecule has 1 aromatic carbocycles. The van der Waals surface area contributed by atoms with Crippen molar-refractivity contribution < 1.29 is 28.4 Å². The summed E-state index contributed by atoms with van der Waals surface area (Å²) in [6.45, 7) is 0. The standard InChI is InChI=1S/C12H10BrFN2O6/c1-21-11(17)5-9(12(18)22-2)15-8-3-6(13)7(14)4-10(8)16(19)20/h3-5,15H,1-2H3/b9-5+. The van der Waals surface area contributed by atoms with Crippen molar-refractivity contribution in [3.8, 4) is 0 Å². The zero-order valence-electron chi connectivity index (χ0n) is 11.4. The SMILES string of the molecule is COC(=O)/C=C(/Nc1cc(Br)c(F)cc1[N+](=O)[O-])C(=O)OC. The normalized spacial score (nSPS) is 10.8. The van der Waals surface area contributed by atoms with Crippen molar-refractivity contribution in [1.82, 2.24) is 0 Å². The number of methoxy groups -OCH3 is 2. The van der Waals surface area contributed by atoms with E-state index in [0.717, 1.165) is 26.4 Å². The molecule has 0 aliphatic heterocycles. The molecule has 1 N–H and O–H groups in total. The number of carbonyl (C=O) groups excluding carboxylic acids is 2. The molecule has 118 valence electrons. The van der Waals surface area contributed by atoms with E-state index in [0.29, 0.717) is 6.07 Å². The Balaban J connectivity index is 3.32. The second kappa shape index (κ2) is 7.50. The van der Waals surface area contributed by atoms with E-state index in [1.165, 1.54) is 0 Å². The molecule has 0 unspecified atom stereocenters. The summed E-state index contributed by atoms with van der Waals surface area (Å²) in [4.78, 5) is 32.9. The number of anilines is 1. The zero-order chi connectivity index (χ0) is 16.9. The molecular weight excluding hydrogens is 367 g/mol. The molecule has 0 fully saturated rings. The van der Waals surface area contributed by atoms with Gasteiger partial charge in [-0.25, -0.2) is 14.0 Å². The first kappa shape index (κ1) is 17.6. The Labute approximate surface area is 132 Å². The molecule has 0 aliphatic rings. The number of nitrogens with zero attached hydrogens (tertiary/aromatic N) is 1. The average Bonchev–Trinajstić information content (AvgIpc) is 2.48. The molecular formula is C12H10BrFN2O6. The Morgan fingerprint density at radius 2 is 2.00 bits per heavy atom. The Morgan fingerprint density at radius 1 is 1.36 bits per heavy atom. The van der Waals surface area contributed by atoms with Gasteiger partial charge in [-0.1, -0.05) is 0 Å². The largest absolute Gasteiger partial charge is 0.466 e. The van der Waals surface area contributed by atoms with E-state index in [-0.39, 0.29) is 10.2 Å². The van der Waals surface area contributed by atoms with Crippen molar-refractivity contribution in [1.29, 1.82) is 0 Å². The monoisotopic (exact) mass is 376 g/mol. The van der Waals surface area contributed by atoms with Crippen molar-refractivity contribution >= 4 is 39.2 Å². The van der Waals surface area contributed by atoms with Gasteiger partial charge in [-0.2, -0.15) is 0 Å². The number of hydrogen-bond donors (Lipinski definition) is 1. The molecule has 1 aromatic rings. The Bertz CT molecular complexity index is 661. The Kier molecular flexibility index (Phi) is 5.99. The van der Waals surface area contributed by atoms with Gasteiger partial charge in [0.25, 0.3) is 5.69 Å². The second-order valence-electron chi connectivity index (χ2n) is 3.74. The van der Waals surface area contributed by atoms with E-state index < -0.39 is 34.1 Å². The Hall–Kier alpha value is -2.49. The minimum atomic E-state index is -0.958. The first-order valence-corrected chi connectivity index (χ1v) is 6.37. The van der Waals surface area contributed by atoms with Gasteiger partial charge in [-0.3, -0.25) is 10.1 Å². The van der Waals surface area contributed by atoms with E-state index in [4.69, 9.17) is 0 Å². The maximum Gasteiger partial charge on any atom is 0.354 e. The molecule has 1 rings (SSSR count). The number of hydrogen-bond acceptors (Lipinski definition) is 7. The van der Waals surface area contributed by atoms with Crippen molar-refractivity contribution in [2.45, 2.75) is 0 Å². The summed E-state index contributed by atoms with van der Waals surface area (Å²) in [6, 6.07) is 1.72. The minimum absolute atomic E-state index is 0.0668. The first-order chi connectivity index (χ1) is 10.3. The summed E-state index contributed by atoms with van der Waals surface area (Å²) in [6.07, 6.45) is 0.757. The molecule has 22 heavy (non-hydrogen) atoms. The van der Waals surface area contributed by atoms with Crippen LogP contribution in [-0.4, -0.2) is 31.1 Å². The minimum Gasteiger partial charge on any atom is -0.466 e. The highest BCUT2D eigenvalue weighted by Crippen LogP contribution is 2.31. The summed E-state index contributed by atoms with van der Waals surface area (Å²) in [5.41, 5.74) is -1.24. The molecule has 0 aliphatic carbocycles. The van der Waals surface area contributed by atoms with Gasteiger partial charge in [0, 0.05) is 0 Å². The van der Waals surface area contributed by atoms with Crippen LogP contribution in [0.2, 0.25) is 0 Å². The summed E-state index contributed by atoms with van der Waals surface area (Å²) in [5, 5.41) is 13.3. The number of halogens is 2. The van der Waals surface area contributed by atoms with Gasteiger partial charge >= 0.3 is 11.9 Å². The fourth-order valence-corrected chi connectivity index (χ4v) is 1.71. The summed E-state index contributed by atoms with van der Waals surface area (Å²) < 4.78 is 22.1. The lowest BCUT2D eigenvalue weighted by Gasteiger charge is -2.10. The van der Waals surface area contributed by atoms with Crippen LogP contribution >= 0.6 is 15.9 Å². The third-order valence-corrected chi connectivity index (χ3v) is 2.98. The molecule has 0 saturated heterocycles. The Morgan fingerprint density at radius 3 is 2.50 bits per heavy atom. The molecule has 0 atom stereocenters. The predicted molar refractivity (Wildman–Crippen MR) is 76.5 cm³/mol. The fraction of sp³-hybridized carbons (Fsp3) is 0.167. The van der Waals surface area contributed by atoms with Gasteiger partial charge < -0.3 is 14.8 Å². The van der Waals surface area contributed by atoms with Gasteiger partial charge in [0.2, 0.25) is 0 Å². The van der Waals surface area contributed by atoms with E-state index >= 15 is 0 Å². The van der Waals surface area contributed by atoms with Gasteiger partial charge in [0.05, 0.1) is 35.8 Å². The highest BCUT2D eigenvalue weighted by atomic mass is 79.9. The van der Waals surface area contributed by atoms with Crippen LogP contribution in [0.4, 0.5) is 15.8 Å². The quantitative estimate of drug-likeness (QED) is 0.363. The predicted octanol–water partition coefficient (Wildman–Crippen LogP) is 2.14. The lowest BCUT2D eigenvalue weighted by Crippen LogP contribution is -2.16. The van der Waals surface area contributed by atoms with Crippen molar-refractivity contribution in [3.05, 3.63) is 44.3 Å². The maximum atomic E-state index is 13.4. The highest BCUT2D eigenvalue weighted by Gasteiger charge is 2.21. The van der Waals surface area contributed by atoms with Gasteiger partial charge in [0.1, 0.15) is 17.2 Å². The van der Waals surface area contributed by atoms with Gasteiger partial charge in [0.15, 0.2) is 0 Å². The fourth-order valence-electron chi connectivity index (χ4n) is 1.37. The van der Waals surface area contributed by atoms with E-state index in [2.05, 4.69) is 30.7 Å². The van der Waals surface area contributed by atoms with E-state index in [1.807, 2.05) is 0 Å². The second-order valence-corrected chi connectivity index (χ2v) is 4.59. The number of benzene rings is 1. The van der Waals surface area contributed by atoms with Crippen LogP contribution in [-0.2, 0) is 19.1 Å².